The average molecular weight is 608 g/mol. The molecule has 1 N–H and O–H groups in total. The Morgan fingerprint density at radius 2 is 1.64 bits per heavy atom. The summed E-state index contributed by atoms with van der Waals surface area (Å²) in [4.78, 5) is 47.7. The Bertz CT molecular complexity index is 1740. The fourth-order valence-corrected chi connectivity index (χ4v) is 6.25. The van der Waals surface area contributed by atoms with Gasteiger partial charge in [0, 0.05) is 51.3 Å². The first kappa shape index (κ1) is 30.7. The molecule has 9 heteroatoms. The Hall–Kier alpha value is -4.34. The van der Waals surface area contributed by atoms with Crippen molar-refractivity contribution in [2.24, 2.45) is 0 Å². The van der Waals surface area contributed by atoms with Crippen LogP contribution in [-0.2, 0) is 16.1 Å². The van der Waals surface area contributed by atoms with Crippen molar-refractivity contribution in [3.8, 4) is 11.1 Å². The van der Waals surface area contributed by atoms with Crippen LogP contribution in [-0.4, -0.2) is 77.1 Å². The number of carbonyl (C=O) groups is 2. The van der Waals surface area contributed by atoms with E-state index in [-0.39, 0.29) is 36.4 Å². The van der Waals surface area contributed by atoms with E-state index in [1.165, 1.54) is 6.20 Å². The highest BCUT2D eigenvalue weighted by molar-refractivity contribution is 5.95. The predicted octanol–water partition coefficient (Wildman–Crippen LogP) is 4.50. The monoisotopic (exact) mass is 607 g/mol. The first-order valence-electron chi connectivity index (χ1n) is 15.9. The summed E-state index contributed by atoms with van der Waals surface area (Å²) in [6, 6.07) is 19.8. The molecule has 0 bridgehead atoms. The van der Waals surface area contributed by atoms with E-state index in [2.05, 4.69) is 39.5 Å². The molecule has 9 nitrogen and oxygen atoms in total. The van der Waals surface area contributed by atoms with E-state index in [9.17, 15) is 14.4 Å². The average Bonchev–Trinajstić information content (AvgIpc) is 3.60. The minimum absolute atomic E-state index is 0.0894. The summed E-state index contributed by atoms with van der Waals surface area (Å²) in [5.41, 5.74) is 7.17. The van der Waals surface area contributed by atoms with Crippen molar-refractivity contribution < 1.29 is 14.3 Å². The van der Waals surface area contributed by atoms with Gasteiger partial charge in [0.15, 0.2) is 0 Å². The Balaban J connectivity index is 1.18. The third kappa shape index (κ3) is 7.16. The highest BCUT2D eigenvalue weighted by Gasteiger charge is 2.22. The molecule has 1 aromatic heterocycles. The molecule has 0 saturated carbocycles. The molecule has 0 spiro atoms. The van der Waals surface area contributed by atoms with Gasteiger partial charge in [-0.3, -0.25) is 19.3 Å². The van der Waals surface area contributed by atoms with Crippen LogP contribution in [0.15, 0.2) is 71.7 Å². The molecule has 4 aromatic rings. The molecule has 2 aliphatic rings. The van der Waals surface area contributed by atoms with E-state index in [1.54, 1.807) is 4.57 Å². The van der Waals surface area contributed by atoms with Crippen LogP contribution in [0.5, 0.6) is 0 Å². The number of fused-ring (bicyclic) bond motifs is 1. The lowest BCUT2D eigenvalue weighted by Gasteiger charge is -2.31. The molecule has 2 saturated heterocycles. The van der Waals surface area contributed by atoms with E-state index >= 15 is 0 Å². The van der Waals surface area contributed by atoms with Crippen molar-refractivity contribution in [2.45, 2.75) is 45.7 Å². The first-order chi connectivity index (χ1) is 21.9. The summed E-state index contributed by atoms with van der Waals surface area (Å²) in [5.74, 6) is -0.0299. The van der Waals surface area contributed by atoms with Crippen molar-refractivity contribution in [3.05, 3.63) is 99.5 Å². The van der Waals surface area contributed by atoms with E-state index in [0.717, 1.165) is 77.9 Å². The maximum Gasteiger partial charge on any atom is 0.269 e. The summed E-state index contributed by atoms with van der Waals surface area (Å²) >= 11 is 0. The molecular weight excluding hydrogens is 566 g/mol. The van der Waals surface area contributed by atoms with Crippen LogP contribution in [0.1, 0.15) is 52.4 Å². The largest absolute Gasteiger partial charge is 0.379 e. The normalized spacial score (nSPS) is 16.2. The minimum Gasteiger partial charge on any atom is -0.379 e. The van der Waals surface area contributed by atoms with E-state index < -0.39 is 0 Å². The smallest absolute Gasteiger partial charge is 0.269 e. The number of morpholine rings is 1. The number of carbonyl (C=O) groups excluding carboxylic acids is 2. The lowest BCUT2D eigenvalue weighted by molar-refractivity contribution is -0.122. The zero-order valence-corrected chi connectivity index (χ0v) is 26.1. The second-order valence-electron chi connectivity index (χ2n) is 12.2. The predicted molar refractivity (Wildman–Crippen MR) is 175 cm³/mol. The molecule has 234 valence electrons. The van der Waals surface area contributed by atoms with E-state index in [4.69, 9.17) is 4.74 Å². The second-order valence-corrected chi connectivity index (χ2v) is 12.2. The van der Waals surface area contributed by atoms with Gasteiger partial charge in [-0.2, -0.15) is 0 Å². The third-order valence-electron chi connectivity index (χ3n) is 9.05. The number of benzene rings is 3. The molecule has 3 heterocycles. The van der Waals surface area contributed by atoms with Crippen LogP contribution in [0.3, 0.4) is 0 Å². The van der Waals surface area contributed by atoms with Crippen LogP contribution >= 0.6 is 0 Å². The Morgan fingerprint density at radius 1 is 0.911 bits per heavy atom. The zero-order chi connectivity index (χ0) is 31.3. The van der Waals surface area contributed by atoms with Gasteiger partial charge in [-0.1, -0.05) is 36.4 Å². The maximum atomic E-state index is 13.4. The second kappa shape index (κ2) is 13.7. The van der Waals surface area contributed by atoms with Crippen molar-refractivity contribution >= 4 is 22.8 Å². The van der Waals surface area contributed by atoms with Crippen LogP contribution in [0.25, 0.3) is 22.2 Å². The van der Waals surface area contributed by atoms with Gasteiger partial charge in [-0.25, -0.2) is 4.98 Å². The Labute approximate surface area is 263 Å². The number of ether oxygens (including phenoxy) is 1. The molecular formula is C36H41N5O4. The molecule has 1 atom stereocenters. The van der Waals surface area contributed by atoms with Crippen LogP contribution < -0.4 is 10.9 Å². The topological polar surface area (TPSA) is 96.8 Å². The van der Waals surface area contributed by atoms with Gasteiger partial charge in [0.05, 0.1) is 36.5 Å². The van der Waals surface area contributed by atoms with E-state index in [0.29, 0.717) is 25.3 Å². The SMILES string of the molecule is Cc1cc2ncc(=O)n(CCC(=O)NC(CN3CCOCC3)c3ccc(-c4cccc(C(=O)N5CCCC5)c4)cc3)c2cc1C. The van der Waals surface area contributed by atoms with Gasteiger partial charge in [-0.05, 0) is 78.8 Å². The number of hydrogen-bond acceptors (Lipinski definition) is 6. The molecule has 3 aromatic carbocycles. The molecule has 0 aliphatic carbocycles. The number of aromatic nitrogens is 2. The fraction of sp³-hybridized carbons (Fsp3) is 0.389. The standard InChI is InChI=1S/C36H41N5O4/c1-25-20-31-33(21-26(25)2)41(35(43)23-37-31)15-12-34(42)38-32(24-39-16-18-45-19-17-39)28-10-8-27(9-11-28)29-6-5-7-30(22-29)36(44)40-13-3-4-14-40/h5-11,20-23,32H,3-4,12-19,24H2,1-2H3,(H,38,42). The number of hydrogen-bond donors (Lipinski definition) is 1. The number of amides is 2. The third-order valence-corrected chi connectivity index (χ3v) is 9.05. The Morgan fingerprint density at radius 3 is 2.40 bits per heavy atom. The Kier molecular flexibility index (Phi) is 9.37. The molecule has 2 amide bonds. The number of likely N-dealkylation sites (tertiary alicyclic amines) is 1. The maximum absolute atomic E-state index is 13.4. The number of nitrogens with one attached hydrogen (secondary N) is 1. The summed E-state index contributed by atoms with van der Waals surface area (Å²) in [5, 5.41) is 3.25. The molecule has 2 aliphatic heterocycles. The van der Waals surface area contributed by atoms with Gasteiger partial charge in [0.25, 0.3) is 11.5 Å². The minimum atomic E-state index is -0.233. The molecule has 1 unspecified atom stereocenters. The van der Waals surface area contributed by atoms with Crippen LogP contribution in [0.4, 0.5) is 0 Å². The highest BCUT2D eigenvalue weighted by atomic mass is 16.5. The van der Waals surface area contributed by atoms with Crippen molar-refractivity contribution in [1.82, 2.24) is 24.7 Å². The van der Waals surface area contributed by atoms with Gasteiger partial charge >= 0.3 is 0 Å². The number of nitrogens with zero attached hydrogens (tertiary/aromatic N) is 4. The van der Waals surface area contributed by atoms with Crippen LogP contribution in [0, 0.1) is 13.8 Å². The van der Waals surface area contributed by atoms with Gasteiger partial charge in [0.2, 0.25) is 5.91 Å². The summed E-state index contributed by atoms with van der Waals surface area (Å²) in [6.07, 6.45) is 3.62. The van der Waals surface area contributed by atoms with Crippen LogP contribution in [0.2, 0.25) is 0 Å². The van der Waals surface area contributed by atoms with Gasteiger partial charge in [-0.15, -0.1) is 0 Å². The van der Waals surface area contributed by atoms with E-state index in [1.807, 2.05) is 55.1 Å². The lowest BCUT2D eigenvalue weighted by Crippen LogP contribution is -2.43. The highest BCUT2D eigenvalue weighted by Crippen LogP contribution is 2.25. The van der Waals surface area contributed by atoms with Gasteiger partial charge in [0.1, 0.15) is 0 Å². The van der Waals surface area contributed by atoms with Gasteiger partial charge < -0.3 is 19.5 Å². The summed E-state index contributed by atoms with van der Waals surface area (Å²) in [6.45, 7) is 9.55. The molecule has 2 fully saturated rings. The number of rotatable bonds is 9. The lowest BCUT2D eigenvalue weighted by atomic mass is 9.98. The molecule has 0 radical (unpaired) electrons. The fourth-order valence-electron chi connectivity index (χ4n) is 6.25. The first-order valence-corrected chi connectivity index (χ1v) is 15.9. The van der Waals surface area contributed by atoms with Crippen molar-refractivity contribution in [1.29, 1.82) is 0 Å². The zero-order valence-electron chi connectivity index (χ0n) is 26.1. The number of aryl methyl sites for hydroxylation is 3. The quantitative estimate of drug-likeness (QED) is 0.301. The molecule has 6 rings (SSSR count). The summed E-state index contributed by atoms with van der Waals surface area (Å²) < 4.78 is 7.19. The van der Waals surface area contributed by atoms with Crippen molar-refractivity contribution in [3.63, 3.8) is 0 Å². The summed E-state index contributed by atoms with van der Waals surface area (Å²) in [7, 11) is 0. The van der Waals surface area contributed by atoms with Crippen molar-refractivity contribution in [2.75, 3.05) is 45.9 Å². The molecule has 45 heavy (non-hydrogen) atoms.